The number of aromatic nitrogens is 6. The molecule has 12 heteroatoms. The molecule has 1 saturated heterocycles. The van der Waals surface area contributed by atoms with Crippen LogP contribution in [0.2, 0.25) is 0 Å². The number of carbonyl (C=O) groups is 1. The van der Waals surface area contributed by atoms with E-state index in [4.69, 9.17) is 15.9 Å². The molecule has 0 radical (unpaired) electrons. The van der Waals surface area contributed by atoms with Crippen molar-refractivity contribution in [3.63, 3.8) is 0 Å². The number of primary amides is 1. The van der Waals surface area contributed by atoms with E-state index in [2.05, 4.69) is 30.0 Å². The Bertz CT molecular complexity index is 1510. The topological polar surface area (TPSA) is 150 Å². The average Bonchev–Trinajstić information content (AvgIpc) is 3.63. The van der Waals surface area contributed by atoms with E-state index in [1.165, 1.54) is 4.52 Å². The number of hydrogen-bond donors (Lipinski definition) is 2. The van der Waals surface area contributed by atoms with Crippen molar-refractivity contribution >= 4 is 34.2 Å². The van der Waals surface area contributed by atoms with E-state index in [1.54, 1.807) is 30.7 Å². The van der Waals surface area contributed by atoms with Gasteiger partial charge in [0.1, 0.15) is 0 Å². The second kappa shape index (κ2) is 8.40. The molecule has 1 aliphatic rings. The summed E-state index contributed by atoms with van der Waals surface area (Å²) in [4.78, 5) is 25.3. The Balaban J connectivity index is 1.15. The van der Waals surface area contributed by atoms with Crippen LogP contribution in [0, 0.1) is 0 Å². The summed E-state index contributed by atoms with van der Waals surface area (Å²) in [6, 6.07) is 11.1. The molecule has 4 N–H and O–H groups in total. The quantitative estimate of drug-likeness (QED) is 0.372. The lowest BCUT2D eigenvalue weighted by atomic mass is 10.1. The summed E-state index contributed by atoms with van der Waals surface area (Å²) in [7, 11) is 0. The van der Waals surface area contributed by atoms with Gasteiger partial charge in [0.2, 0.25) is 17.7 Å². The predicted octanol–water partition coefficient (Wildman–Crippen LogP) is 1.24. The number of rotatable bonds is 6. The summed E-state index contributed by atoms with van der Waals surface area (Å²) in [5.74, 6) is 0.843. The highest BCUT2D eigenvalue weighted by molar-refractivity contribution is 5.93. The first-order valence-corrected chi connectivity index (χ1v) is 11.4. The summed E-state index contributed by atoms with van der Waals surface area (Å²) in [6.45, 7) is 5.02. The summed E-state index contributed by atoms with van der Waals surface area (Å²) in [5, 5.41) is 9.76. The van der Waals surface area contributed by atoms with Crippen LogP contribution in [0.4, 0.5) is 11.6 Å². The first-order chi connectivity index (χ1) is 17.1. The van der Waals surface area contributed by atoms with Gasteiger partial charge in [-0.25, -0.2) is 9.67 Å². The van der Waals surface area contributed by atoms with Crippen molar-refractivity contribution in [3.8, 4) is 11.6 Å². The molecule has 178 valence electrons. The highest BCUT2D eigenvalue weighted by Gasteiger charge is 2.20. The molecular weight excluding hydrogens is 448 g/mol. The number of piperazine rings is 1. The van der Waals surface area contributed by atoms with E-state index in [0.29, 0.717) is 35.0 Å². The van der Waals surface area contributed by atoms with Gasteiger partial charge in [-0.3, -0.25) is 9.69 Å². The van der Waals surface area contributed by atoms with Crippen LogP contribution in [0.3, 0.4) is 0 Å². The number of nitrogen functional groups attached to an aromatic ring is 1. The standard InChI is InChI=1S/C23H24N10O2/c24-19(34)15-3-1-4-16(13-15)31-9-6-30(7-10-31)8-11-32-21-17(14-26-32)22-27-20(18-5-2-12-35-18)29-33(22)23(25)28-21/h1-5,12-14H,6-11H2,(H2,24,34)(H2,25,28). The molecule has 0 bridgehead atoms. The number of benzene rings is 1. The van der Waals surface area contributed by atoms with Crippen LogP contribution in [-0.4, -0.2) is 72.9 Å². The van der Waals surface area contributed by atoms with Crippen molar-refractivity contribution in [2.75, 3.05) is 43.4 Å². The Kier molecular flexibility index (Phi) is 5.07. The van der Waals surface area contributed by atoms with Gasteiger partial charge in [-0.1, -0.05) is 6.07 Å². The molecule has 1 aliphatic heterocycles. The molecule has 6 rings (SSSR count). The van der Waals surface area contributed by atoms with Crippen LogP contribution in [0.15, 0.2) is 53.3 Å². The molecule has 35 heavy (non-hydrogen) atoms. The molecule has 0 atom stereocenters. The minimum Gasteiger partial charge on any atom is -0.461 e. The number of amides is 1. The Labute approximate surface area is 199 Å². The molecule has 1 aromatic carbocycles. The second-order valence-corrected chi connectivity index (χ2v) is 8.47. The van der Waals surface area contributed by atoms with Crippen molar-refractivity contribution in [1.82, 2.24) is 34.3 Å². The van der Waals surface area contributed by atoms with Crippen LogP contribution < -0.4 is 16.4 Å². The fraction of sp³-hybridized carbons (Fsp3) is 0.261. The molecule has 0 saturated carbocycles. The van der Waals surface area contributed by atoms with E-state index in [-0.39, 0.29) is 5.95 Å². The molecule has 0 aliphatic carbocycles. The molecule has 12 nitrogen and oxygen atoms in total. The van der Waals surface area contributed by atoms with Gasteiger partial charge in [-0.05, 0) is 30.3 Å². The third-order valence-electron chi connectivity index (χ3n) is 6.33. The van der Waals surface area contributed by atoms with Crippen molar-refractivity contribution in [2.45, 2.75) is 6.54 Å². The third kappa shape index (κ3) is 3.83. The molecular formula is C23H24N10O2. The first-order valence-electron chi connectivity index (χ1n) is 11.4. The molecule has 5 heterocycles. The first kappa shape index (κ1) is 21.1. The van der Waals surface area contributed by atoms with Crippen molar-refractivity contribution in [2.24, 2.45) is 5.73 Å². The number of fused-ring (bicyclic) bond motifs is 3. The zero-order chi connectivity index (χ0) is 23.9. The number of furan rings is 1. The Hall–Kier alpha value is -4.45. The van der Waals surface area contributed by atoms with E-state index in [9.17, 15) is 4.79 Å². The third-order valence-corrected chi connectivity index (χ3v) is 6.33. The smallest absolute Gasteiger partial charge is 0.248 e. The van der Waals surface area contributed by atoms with Gasteiger partial charge in [0.25, 0.3) is 0 Å². The van der Waals surface area contributed by atoms with Crippen LogP contribution in [0.5, 0.6) is 0 Å². The number of nitrogens with zero attached hydrogens (tertiary/aromatic N) is 8. The van der Waals surface area contributed by atoms with Gasteiger partial charge in [-0.2, -0.15) is 14.6 Å². The van der Waals surface area contributed by atoms with Crippen LogP contribution >= 0.6 is 0 Å². The van der Waals surface area contributed by atoms with Gasteiger partial charge in [0.15, 0.2) is 17.1 Å². The number of nitrogens with two attached hydrogens (primary N) is 2. The Morgan fingerprint density at radius 2 is 1.89 bits per heavy atom. The van der Waals surface area contributed by atoms with E-state index in [1.807, 2.05) is 22.9 Å². The lowest BCUT2D eigenvalue weighted by Gasteiger charge is -2.36. The van der Waals surface area contributed by atoms with Crippen molar-refractivity contribution in [3.05, 3.63) is 54.4 Å². The maximum atomic E-state index is 11.5. The monoisotopic (exact) mass is 472 g/mol. The summed E-state index contributed by atoms with van der Waals surface area (Å²) < 4.78 is 8.78. The molecule has 5 aromatic rings. The predicted molar refractivity (Wildman–Crippen MR) is 130 cm³/mol. The SMILES string of the molecule is NC(=O)c1cccc(N2CCN(CCn3ncc4c3nc(N)n3nc(-c5ccco5)nc43)CC2)c1. The highest BCUT2D eigenvalue weighted by Crippen LogP contribution is 2.24. The van der Waals surface area contributed by atoms with Gasteiger partial charge in [0, 0.05) is 44.0 Å². The van der Waals surface area contributed by atoms with Crippen LogP contribution in [0.25, 0.3) is 28.3 Å². The molecule has 0 spiro atoms. The fourth-order valence-electron chi connectivity index (χ4n) is 4.45. The van der Waals surface area contributed by atoms with E-state index in [0.717, 1.165) is 43.8 Å². The normalized spacial score (nSPS) is 14.8. The number of carbonyl (C=O) groups excluding carboxylic acids is 1. The summed E-state index contributed by atoms with van der Waals surface area (Å²) >= 11 is 0. The molecule has 1 amide bonds. The minimum absolute atomic E-state index is 0.242. The Morgan fingerprint density at radius 3 is 2.66 bits per heavy atom. The zero-order valence-corrected chi connectivity index (χ0v) is 18.9. The van der Waals surface area contributed by atoms with Gasteiger partial charge < -0.3 is 20.8 Å². The van der Waals surface area contributed by atoms with Crippen LogP contribution in [0.1, 0.15) is 10.4 Å². The maximum absolute atomic E-state index is 11.5. The highest BCUT2D eigenvalue weighted by atomic mass is 16.3. The Morgan fingerprint density at radius 1 is 1.03 bits per heavy atom. The van der Waals surface area contributed by atoms with Gasteiger partial charge in [0.05, 0.1) is 24.4 Å². The maximum Gasteiger partial charge on any atom is 0.248 e. The lowest BCUT2D eigenvalue weighted by Crippen LogP contribution is -2.47. The molecule has 1 fully saturated rings. The van der Waals surface area contributed by atoms with Crippen molar-refractivity contribution < 1.29 is 9.21 Å². The lowest BCUT2D eigenvalue weighted by molar-refractivity contribution is 0.100. The summed E-state index contributed by atoms with van der Waals surface area (Å²) in [5.41, 5.74) is 14.4. The van der Waals surface area contributed by atoms with Gasteiger partial charge >= 0.3 is 0 Å². The van der Waals surface area contributed by atoms with Crippen LogP contribution in [-0.2, 0) is 6.54 Å². The largest absolute Gasteiger partial charge is 0.461 e. The minimum atomic E-state index is -0.410. The number of anilines is 2. The zero-order valence-electron chi connectivity index (χ0n) is 18.9. The molecule has 4 aromatic heterocycles. The second-order valence-electron chi connectivity index (χ2n) is 8.47. The molecule has 0 unspecified atom stereocenters. The summed E-state index contributed by atoms with van der Waals surface area (Å²) in [6.07, 6.45) is 3.33. The van der Waals surface area contributed by atoms with Gasteiger partial charge in [-0.15, -0.1) is 5.10 Å². The number of hydrogen-bond acceptors (Lipinski definition) is 9. The van der Waals surface area contributed by atoms with Crippen molar-refractivity contribution in [1.29, 1.82) is 0 Å². The van der Waals surface area contributed by atoms with E-state index >= 15 is 0 Å². The average molecular weight is 473 g/mol. The van der Waals surface area contributed by atoms with E-state index < -0.39 is 5.91 Å². The fourth-order valence-corrected chi connectivity index (χ4v) is 4.45.